The number of nitrogens with zero attached hydrogens (tertiary/aromatic N) is 1. The first-order valence-electron chi connectivity index (χ1n) is 7.11. The van der Waals surface area contributed by atoms with Crippen LogP contribution in [0.5, 0.6) is 0 Å². The molecule has 0 aliphatic heterocycles. The normalized spacial score (nSPS) is 10.5. The highest BCUT2D eigenvalue weighted by atomic mass is 16.1. The number of anilines is 1. The van der Waals surface area contributed by atoms with Crippen molar-refractivity contribution in [2.24, 2.45) is 0 Å². The maximum atomic E-state index is 12.2. The second kappa shape index (κ2) is 6.89. The number of benzene rings is 1. The highest BCUT2D eigenvalue weighted by molar-refractivity contribution is 6.09. The molecule has 20 heavy (non-hydrogen) atoms. The lowest BCUT2D eigenvalue weighted by atomic mass is 10.1. The molecular weight excluding hydrogens is 250 g/mol. The average Bonchev–Trinajstić information content (AvgIpc) is 2.50. The number of nitrogens with one attached hydrogen (secondary N) is 2. The molecule has 0 fully saturated rings. The number of hydrogen-bond donors (Lipinski definition) is 2. The van der Waals surface area contributed by atoms with Crippen molar-refractivity contribution in [1.29, 1.82) is 0 Å². The van der Waals surface area contributed by atoms with E-state index in [2.05, 4.69) is 22.5 Å². The summed E-state index contributed by atoms with van der Waals surface area (Å²) in [7, 11) is 1.83. The Labute approximate surface area is 119 Å². The Morgan fingerprint density at radius 3 is 2.65 bits per heavy atom. The first-order chi connectivity index (χ1) is 9.77. The maximum absolute atomic E-state index is 12.2. The van der Waals surface area contributed by atoms with Gasteiger partial charge >= 0.3 is 0 Å². The first kappa shape index (κ1) is 14.3. The zero-order chi connectivity index (χ0) is 14.4. The zero-order valence-electron chi connectivity index (χ0n) is 12.1. The maximum Gasteiger partial charge on any atom is 0.253 e. The third-order valence-electron chi connectivity index (χ3n) is 3.34. The van der Waals surface area contributed by atoms with Gasteiger partial charge in [-0.15, -0.1) is 0 Å². The number of carbonyl (C=O) groups is 1. The zero-order valence-corrected chi connectivity index (χ0v) is 12.1. The van der Waals surface area contributed by atoms with E-state index in [0.29, 0.717) is 5.56 Å². The van der Waals surface area contributed by atoms with Crippen molar-refractivity contribution in [2.75, 3.05) is 18.9 Å². The van der Waals surface area contributed by atoms with Crippen molar-refractivity contribution in [2.45, 2.75) is 26.2 Å². The minimum atomic E-state index is -0.0487. The van der Waals surface area contributed by atoms with Gasteiger partial charge in [-0.2, -0.15) is 0 Å². The first-order valence-corrected chi connectivity index (χ1v) is 7.11. The quantitative estimate of drug-likeness (QED) is 0.793. The summed E-state index contributed by atoms with van der Waals surface area (Å²) >= 11 is 0. The topological polar surface area (TPSA) is 54.0 Å². The summed E-state index contributed by atoms with van der Waals surface area (Å²) < 4.78 is 0. The highest BCUT2D eigenvalue weighted by Crippen LogP contribution is 2.23. The molecule has 0 saturated heterocycles. The lowest BCUT2D eigenvalue weighted by Crippen LogP contribution is -2.24. The fourth-order valence-electron chi connectivity index (χ4n) is 2.24. The molecule has 0 aliphatic carbocycles. The van der Waals surface area contributed by atoms with Crippen molar-refractivity contribution in [1.82, 2.24) is 10.3 Å². The Morgan fingerprint density at radius 1 is 1.20 bits per heavy atom. The molecule has 2 rings (SSSR count). The van der Waals surface area contributed by atoms with Crippen LogP contribution in [0.2, 0.25) is 0 Å². The fraction of sp³-hybridized carbons (Fsp3) is 0.375. The minimum Gasteiger partial charge on any atom is -0.373 e. The van der Waals surface area contributed by atoms with Gasteiger partial charge in [-0.1, -0.05) is 44.0 Å². The summed E-state index contributed by atoms with van der Waals surface area (Å²) in [4.78, 5) is 16.6. The summed E-state index contributed by atoms with van der Waals surface area (Å²) in [5, 5.41) is 7.92. The third-order valence-corrected chi connectivity index (χ3v) is 3.34. The highest BCUT2D eigenvalue weighted by Gasteiger charge is 2.12. The SMILES string of the molecule is CCCCCNC(=O)c1cnc(NC)c2ccccc12. The number of aromatic nitrogens is 1. The van der Waals surface area contributed by atoms with Crippen LogP contribution in [-0.2, 0) is 0 Å². The molecule has 106 valence electrons. The van der Waals surface area contributed by atoms with Crippen molar-refractivity contribution < 1.29 is 4.79 Å². The van der Waals surface area contributed by atoms with Crippen LogP contribution in [0, 0.1) is 0 Å². The summed E-state index contributed by atoms with van der Waals surface area (Å²) in [5.74, 6) is 0.746. The van der Waals surface area contributed by atoms with E-state index < -0.39 is 0 Å². The van der Waals surface area contributed by atoms with Crippen molar-refractivity contribution >= 4 is 22.5 Å². The van der Waals surface area contributed by atoms with Crippen molar-refractivity contribution in [3.8, 4) is 0 Å². The Balaban J connectivity index is 2.24. The Morgan fingerprint density at radius 2 is 1.95 bits per heavy atom. The van der Waals surface area contributed by atoms with Gasteiger partial charge < -0.3 is 10.6 Å². The summed E-state index contributed by atoms with van der Waals surface area (Å²) in [6.07, 6.45) is 4.95. The van der Waals surface area contributed by atoms with Crippen LogP contribution in [0.3, 0.4) is 0 Å². The van der Waals surface area contributed by atoms with E-state index in [-0.39, 0.29) is 5.91 Å². The van der Waals surface area contributed by atoms with E-state index in [4.69, 9.17) is 0 Å². The van der Waals surface area contributed by atoms with Gasteiger partial charge in [0, 0.05) is 25.2 Å². The van der Waals surface area contributed by atoms with Crippen LogP contribution < -0.4 is 10.6 Å². The van der Waals surface area contributed by atoms with Gasteiger partial charge in [0.2, 0.25) is 0 Å². The van der Waals surface area contributed by atoms with Crippen LogP contribution >= 0.6 is 0 Å². The summed E-state index contributed by atoms with van der Waals surface area (Å²) in [5.41, 5.74) is 0.635. The smallest absolute Gasteiger partial charge is 0.253 e. The fourth-order valence-corrected chi connectivity index (χ4v) is 2.24. The molecule has 1 heterocycles. The van der Waals surface area contributed by atoms with E-state index in [1.807, 2.05) is 31.3 Å². The number of hydrogen-bond acceptors (Lipinski definition) is 3. The Kier molecular flexibility index (Phi) is 4.93. The Hall–Kier alpha value is -2.10. The van der Waals surface area contributed by atoms with Gasteiger partial charge in [-0.3, -0.25) is 4.79 Å². The van der Waals surface area contributed by atoms with Gasteiger partial charge in [-0.05, 0) is 11.8 Å². The minimum absolute atomic E-state index is 0.0487. The van der Waals surface area contributed by atoms with Crippen LogP contribution in [0.1, 0.15) is 36.5 Å². The van der Waals surface area contributed by atoms with Crippen molar-refractivity contribution in [3.05, 3.63) is 36.0 Å². The van der Waals surface area contributed by atoms with Crippen LogP contribution in [0.15, 0.2) is 30.5 Å². The van der Waals surface area contributed by atoms with Gasteiger partial charge in [0.05, 0.1) is 5.56 Å². The molecule has 4 nitrogen and oxygen atoms in total. The number of unbranched alkanes of at least 4 members (excludes halogenated alkanes) is 2. The van der Waals surface area contributed by atoms with Gasteiger partial charge in [0.25, 0.3) is 5.91 Å². The summed E-state index contributed by atoms with van der Waals surface area (Å²) in [6.45, 7) is 2.87. The van der Waals surface area contributed by atoms with E-state index in [0.717, 1.165) is 42.4 Å². The molecule has 2 aromatic rings. The molecule has 0 saturated carbocycles. The molecule has 0 atom stereocenters. The Bertz CT molecular complexity index is 595. The molecule has 0 radical (unpaired) electrons. The van der Waals surface area contributed by atoms with Gasteiger partial charge in [0.1, 0.15) is 5.82 Å². The second-order valence-electron chi connectivity index (χ2n) is 4.78. The van der Waals surface area contributed by atoms with E-state index in [1.165, 1.54) is 0 Å². The lowest BCUT2D eigenvalue weighted by molar-refractivity contribution is 0.0954. The number of rotatable bonds is 6. The lowest BCUT2D eigenvalue weighted by Gasteiger charge is -2.10. The number of carbonyl (C=O) groups excluding carboxylic acids is 1. The predicted octanol–water partition coefficient (Wildman–Crippen LogP) is 3.20. The molecule has 1 aromatic carbocycles. The van der Waals surface area contributed by atoms with E-state index >= 15 is 0 Å². The number of fused-ring (bicyclic) bond motifs is 1. The summed E-state index contributed by atoms with van der Waals surface area (Å²) in [6, 6.07) is 7.82. The molecule has 0 spiro atoms. The molecule has 2 N–H and O–H groups in total. The third kappa shape index (κ3) is 3.07. The van der Waals surface area contributed by atoms with Crippen LogP contribution in [0.25, 0.3) is 10.8 Å². The predicted molar refractivity (Wildman–Crippen MR) is 83.1 cm³/mol. The van der Waals surface area contributed by atoms with E-state index in [1.54, 1.807) is 6.20 Å². The van der Waals surface area contributed by atoms with Crippen molar-refractivity contribution in [3.63, 3.8) is 0 Å². The average molecular weight is 271 g/mol. The molecule has 1 amide bonds. The molecule has 1 aromatic heterocycles. The monoisotopic (exact) mass is 271 g/mol. The standard InChI is InChI=1S/C16H21N3O/c1-3-4-7-10-18-16(20)14-11-19-15(17-2)13-9-6-5-8-12(13)14/h5-6,8-9,11H,3-4,7,10H2,1-2H3,(H,17,19)(H,18,20). The van der Waals surface area contributed by atoms with Crippen LogP contribution in [-0.4, -0.2) is 24.5 Å². The number of amides is 1. The largest absolute Gasteiger partial charge is 0.373 e. The molecule has 4 heteroatoms. The van der Waals surface area contributed by atoms with Gasteiger partial charge in [0.15, 0.2) is 0 Å². The van der Waals surface area contributed by atoms with Gasteiger partial charge in [-0.25, -0.2) is 4.98 Å². The van der Waals surface area contributed by atoms with E-state index in [9.17, 15) is 4.79 Å². The second-order valence-corrected chi connectivity index (χ2v) is 4.78. The molecule has 0 bridgehead atoms. The van der Waals surface area contributed by atoms with Crippen LogP contribution in [0.4, 0.5) is 5.82 Å². The molecule has 0 unspecified atom stereocenters. The molecule has 0 aliphatic rings. The molecular formula is C16H21N3O. The number of pyridine rings is 1.